The Bertz CT molecular complexity index is 752. The van der Waals surface area contributed by atoms with Crippen LogP contribution in [0.15, 0.2) is 36.4 Å². The molecule has 132 valence electrons. The summed E-state index contributed by atoms with van der Waals surface area (Å²) in [7, 11) is 3.01. The van der Waals surface area contributed by atoms with Gasteiger partial charge in [-0.3, -0.25) is 0 Å². The minimum absolute atomic E-state index is 0.0675. The molecule has 2 aromatic rings. The smallest absolute Gasteiger partial charge is 0.336 e. The number of hydrogen-bond acceptors (Lipinski definition) is 5. The van der Waals surface area contributed by atoms with E-state index in [0.717, 1.165) is 0 Å². The summed E-state index contributed by atoms with van der Waals surface area (Å²) in [6.45, 7) is 2.29. The molecule has 0 bridgehead atoms. The fraction of sp³-hybridized carbons (Fsp3) is 0.211. The van der Waals surface area contributed by atoms with Gasteiger partial charge in [-0.15, -0.1) is 0 Å². The molecule has 0 aliphatic heterocycles. The van der Waals surface area contributed by atoms with Crippen molar-refractivity contribution in [3.63, 3.8) is 0 Å². The highest BCUT2D eigenvalue weighted by molar-refractivity contribution is 6.20. The van der Waals surface area contributed by atoms with Crippen molar-refractivity contribution in [3.8, 4) is 23.0 Å². The highest BCUT2D eigenvalue weighted by Gasteiger charge is 2.16. The summed E-state index contributed by atoms with van der Waals surface area (Å²) in [4.78, 5) is 11.6. The van der Waals surface area contributed by atoms with Crippen LogP contribution in [-0.2, 0) is 4.79 Å². The first kappa shape index (κ1) is 18.2. The Hall–Kier alpha value is -3.15. The number of aliphatic carboxylic acids is 1. The van der Waals surface area contributed by atoms with Crippen LogP contribution in [0.2, 0.25) is 0 Å². The molecule has 0 spiro atoms. The average Bonchev–Trinajstić information content (AvgIpc) is 2.61. The van der Waals surface area contributed by atoms with Crippen molar-refractivity contribution in [2.45, 2.75) is 6.92 Å². The third kappa shape index (κ3) is 4.23. The van der Waals surface area contributed by atoms with E-state index in [1.807, 2.05) is 6.92 Å². The standard InChI is InChI=1S/C19H20O6/c1-4-25-18-16(23-2)10-12(11-17(18)24-3)9-15(19(21)22)13-5-7-14(20)8-6-13/h5-11,20H,4H2,1-3H3,(H,21,22)/b15-9-. The molecular weight excluding hydrogens is 324 g/mol. The van der Waals surface area contributed by atoms with Crippen LogP contribution in [0.1, 0.15) is 18.1 Å². The van der Waals surface area contributed by atoms with Gasteiger partial charge in [-0.25, -0.2) is 4.79 Å². The van der Waals surface area contributed by atoms with Gasteiger partial charge in [0.25, 0.3) is 0 Å². The van der Waals surface area contributed by atoms with E-state index in [1.54, 1.807) is 12.1 Å². The molecule has 0 amide bonds. The number of carboxylic acid groups (broad SMARTS) is 1. The second-order valence-corrected chi connectivity index (χ2v) is 5.10. The molecule has 0 unspecified atom stereocenters. The number of aromatic hydroxyl groups is 1. The summed E-state index contributed by atoms with van der Waals surface area (Å²) in [5.41, 5.74) is 1.13. The van der Waals surface area contributed by atoms with Gasteiger partial charge in [0.05, 0.1) is 26.4 Å². The average molecular weight is 344 g/mol. The number of carbonyl (C=O) groups is 1. The Morgan fingerprint density at radius 1 is 1.08 bits per heavy atom. The highest BCUT2D eigenvalue weighted by atomic mass is 16.5. The van der Waals surface area contributed by atoms with Gasteiger partial charge in [-0.2, -0.15) is 0 Å². The van der Waals surface area contributed by atoms with Gasteiger partial charge in [0.15, 0.2) is 11.5 Å². The molecule has 2 aromatic carbocycles. The molecule has 2 rings (SSSR count). The van der Waals surface area contributed by atoms with Crippen molar-refractivity contribution in [2.75, 3.05) is 20.8 Å². The van der Waals surface area contributed by atoms with Crippen LogP contribution in [0, 0.1) is 0 Å². The Morgan fingerprint density at radius 3 is 2.08 bits per heavy atom. The zero-order valence-corrected chi connectivity index (χ0v) is 14.3. The third-order valence-electron chi connectivity index (χ3n) is 3.49. The molecule has 0 heterocycles. The highest BCUT2D eigenvalue weighted by Crippen LogP contribution is 2.39. The van der Waals surface area contributed by atoms with E-state index in [0.29, 0.717) is 35.0 Å². The molecule has 0 aromatic heterocycles. The van der Waals surface area contributed by atoms with Gasteiger partial charge in [0.2, 0.25) is 5.75 Å². The predicted molar refractivity (Wildman–Crippen MR) is 94.3 cm³/mol. The van der Waals surface area contributed by atoms with Crippen LogP contribution in [0.4, 0.5) is 0 Å². The Kier molecular flexibility index (Phi) is 5.89. The van der Waals surface area contributed by atoms with E-state index in [2.05, 4.69) is 0 Å². The number of phenols is 1. The van der Waals surface area contributed by atoms with Gasteiger partial charge in [0.1, 0.15) is 5.75 Å². The van der Waals surface area contributed by atoms with Gasteiger partial charge in [-0.1, -0.05) is 12.1 Å². The van der Waals surface area contributed by atoms with Crippen LogP contribution >= 0.6 is 0 Å². The van der Waals surface area contributed by atoms with Gasteiger partial charge in [0, 0.05) is 0 Å². The van der Waals surface area contributed by atoms with Crippen molar-refractivity contribution in [3.05, 3.63) is 47.5 Å². The molecule has 6 heteroatoms. The Morgan fingerprint density at radius 2 is 1.64 bits per heavy atom. The molecular formula is C19H20O6. The molecule has 0 saturated heterocycles. The van der Waals surface area contributed by atoms with Crippen LogP contribution < -0.4 is 14.2 Å². The molecule has 0 aliphatic rings. The van der Waals surface area contributed by atoms with Crippen molar-refractivity contribution in [1.29, 1.82) is 0 Å². The third-order valence-corrected chi connectivity index (χ3v) is 3.49. The van der Waals surface area contributed by atoms with Gasteiger partial charge in [-0.05, 0) is 48.4 Å². The van der Waals surface area contributed by atoms with E-state index in [9.17, 15) is 15.0 Å². The molecule has 6 nitrogen and oxygen atoms in total. The second kappa shape index (κ2) is 8.10. The monoisotopic (exact) mass is 344 g/mol. The maximum atomic E-state index is 11.6. The molecule has 2 N–H and O–H groups in total. The summed E-state index contributed by atoms with van der Waals surface area (Å²) >= 11 is 0. The fourth-order valence-corrected chi connectivity index (χ4v) is 2.35. The second-order valence-electron chi connectivity index (χ2n) is 5.10. The lowest BCUT2D eigenvalue weighted by Gasteiger charge is -2.14. The van der Waals surface area contributed by atoms with Crippen molar-refractivity contribution in [1.82, 2.24) is 0 Å². The minimum Gasteiger partial charge on any atom is -0.508 e. The molecule has 25 heavy (non-hydrogen) atoms. The maximum absolute atomic E-state index is 11.6. The molecule has 0 saturated carbocycles. The molecule has 0 radical (unpaired) electrons. The van der Waals surface area contributed by atoms with Gasteiger partial charge >= 0.3 is 5.97 Å². The first-order valence-corrected chi connectivity index (χ1v) is 7.63. The van der Waals surface area contributed by atoms with Crippen LogP contribution in [-0.4, -0.2) is 37.0 Å². The lowest BCUT2D eigenvalue weighted by molar-refractivity contribution is -0.130. The lowest BCUT2D eigenvalue weighted by atomic mass is 10.0. The fourth-order valence-electron chi connectivity index (χ4n) is 2.35. The normalized spacial score (nSPS) is 11.1. The number of ether oxygens (including phenoxy) is 3. The minimum atomic E-state index is -1.09. The summed E-state index contributed by atoms with van der Waals surface area (Å²) in [5.74, 6) is 0.340. The summed E-state index contributed by atoms with van der Waals surface area (Å²) < 4.78 is 16.2. The number of rotatable bonds is 7. The number of phenolic OH excluding ortho intramolecular Hbond substituents is 1. The van der Waals surface area contributed by atoms with Crippen LogP contribution in [0.5, 0.6) is 23.0 Å². The molecule has 0 fully saturated rings. The van der Waals surface area contributed by atoms with Crippen LogP contribution in [0.25, 0.3) is 11.6 Å². The van der Waals surface area contributed by atoms with Gasteiger partial charge < -0.3 is 24.4 Å². The predicted octanol–water partition coefficient (Wildman–Crippen LogP) is 3.43. The number of carboxylic acids is 1. The zero-order valence-electron chi connectivity index (χ0n) is 14.3. The number of methoxy groups -OCH3 is 2. The van der Waals surface area contributed by atoms with Crippen LogP contribution in [0.3, 0.4) is 0 Å². The Balaban J connectivity index is 2.56. The largest absolute Gasteiger partial charge is 0.508 e. The van der Waals surface area contributed by atoms with Crippen molar-refractivity contribution < 1.29 is 29.2 Å². The molecule has 0 atom stereocenters. The first-order valence-electron chi connectivity index (χ1n) is 7.63. The number of hydrogen-bond donors (Lipinski definition) is 2. The first-order chi connectivity index (χ1) is 12.0. The van der Waals surface area contributed by atoms with E-state index < -0.39 is 5.97 Å². The van der Waals surface area contributed by atoms with Crippen molar-refractivity contribution >= 4 is 17.6 Å². The summed E-state index contributed by atoms with van der Waals surface area (Å²) in [6, 6.07) is 9.31. The Labute approximate surface area is 145 Å². The lowest BCUT2D eigenvalue weighted by Crippen LogP contribution is -2.01. The quantitative estimate of drug-likeness (QED) is 0.591. The van der Waals surface area contributed by atoms with E-state index in [1.165, 1.54) is 44.6 Å². The topological polar surface area (TPSA) is 85.2 Å². The van der Waals surface area contributed by atoms with Crippen molar-refractivity contribution in [2.24, 2.45) is 0 Å². The number of benzene rings is 2. The maximum Gasteiger partial charge on any atom is 0.336 e. The molecule has 0 aliphatic carbocycles. The summed E-state index contributed by atoms with van der Waals surface area (Å²) in [6.07, 6.45) is 1.51. The SMILES string of the molecule is CCOc1c(OC)cc(/C=C(\C(=O)O)c2ccc(O)cc2)cc1OC. The zero-order chi connectivity index (χ0) is 18.4. The van der Waals surface area contributed by atoms with E-state index in [4.69, 9.17) is 14.2 Å². The van der Waals surface area contributed by atoms with E-state index in [-0.39, 0.29) is 11.3 Å². The summed E-state index contributed by atoms with van der Waals surface area (Å²) in [5, 5.41) is 18.9. The van der Waals surface area contributed by atoms with E-state index >= 15 is 0 Å².